The molecule has 0 aliphatic carbocycles. The third kappa shape index (κ3) is 31.1. The summed E-state index contributed by atoms with van der Waals surface area (Å²) in [6.07, 6.45) is 1.09. The van der Waals surface area contributed by atoms with Gasteiger partial charge in [-0.3, -0.25) is 86.3 Å². The van der Waals surface area contributed by atoms with E-state index in [4.69, 9.17) is 17.2 Å². The minimum absolute atomic E-state index is 0.0225. The van der Waals surface area contributed by atoms with Crippen molar-refractivity contribution in [3.63, 3.8) is 0 Å². The first-order chi connectivity index (χ1) is 64.2. The molecule has 135 heavy (non-hydrogen) atoms. The van der Waals surface area contributed by atoms with Crippen molar-refractivity contribution in [3.8, 4) is 5.75 Å². The molecule has 734 valence electrons. The molecule has 5 heterocycles. The number of primary amides is 2. The number of β-amino-alcohol motifs (C(OH)–C–C–N with tert-alkyl or cyclic N) is 1. The van der Waals surface area contributed by atoms with Crippen molar-refractivity contribution in [1.29, 1.82) is 0 Å². The van der Waals surface area contributed by atoms with Gasteiger partial charge >= 0.3 is 5.97 Å². The number of para-hydroxylation sites is 2. The number of rotatable bonds is 28. The molecule has 0 bridgehead atoms. The average molecular weight is 1900 g/mol. The van der Waals surface area contributed by atoms with Crippen molar-refractivity contribution in [2.24, 2.45) is 29.0 Å². The Balaban J connectivity index is 1.21. The molecular formula is C91H127N21O22S. The number of amides is 16. The minimum atomic E-state index is -1.94. The van der Waals surface area contributed by atoms with E-state index in [2.05, 4.69) is 67.8 Å². The number of unbranched alkanes of at least 4 members (excludes halogenated alkanes) is 2. The van der Waals surface area contributed by atoms with E-state index < -0.39 is 274 Å². The number of aliphatic carboxylic acids is 1. The van der Waals surface area contributed by atoms with E-state index in [0.29, 0.717) is 69.1 Å². The number of aromatic hydroxyl groups is 1. The predicted molar refractivity (Wildman–Crippen MR) is 494 cm³/mol. The smallest absolute Gasteiger partial charge is 0.303 e. The van der Waals surface area contributed by atoms with Crippen LogP contribution in [0, 0.1) is 11.8 Å². The van der Waals surface area contributed by atoms with Crippen LogP contribution < -0.4 is 65.1 Å². The number of carbonyl (C=O) groups excluding carboxylic acids is 17. The number of carboxylic acids is 1. The Morgan fingerprint density at radius 2 is 1.16 bits per heavy atom. The second kappa shape index (κ2) is 51.8. The molecule has 44 heteroatoms. The lowest BCUT2D eigenvalue weighted by Gasteiger charge is -2.36. The zero-order chi connectivity index (χ0) is 99.0. The fraction of sp³-hybridized carbons (Fsp3) is 0.527. The number of hydrogen-bond acceptors (Lipinski definition) is 24. The Morgan fingerprint density at radius 3 is 1.76 bits per heavy atom. The number of carbonyl (C=O) groups is 18. The van der Waals surface area contributed by atoms with Gasteiger partial charge in [-0.1, -0.05) is 102 Å². The van der Waals surface area contributed by atoms with Gasteiger partial charge in [-0.15, -0.1) is 11.8 Å². The van der Waals surface area contributed by atoms with E-state index in [1.807, 2.05) is 13.8 Å². The molecule has 0 saturated carbocycles. The fourth-order valence-corrected chi connectivity index (χ4v) is 17.2. The molecule has 6 aromatic rings. The van der Waals surface area contributed by atoms with Crippen molar-refractivity contribution in [2.45, 2.75) is 222 Å². The zero-order valence-electron chi connectivity index (χ0n) is 77.0. The molecule has 2 fully saturated rings. The van der Waals surface area contributed by atoms with Gasteiger partial charge in [-0.25, -0.2) is 4.98 Å². The number of phenolic OH excluding ortho intramolecular Hbond substituents is 1. The van der Waals surface area contributed by atoms with Crippen molar-refractivity contribution in [1.82, 2.24) is 92.3 Å². The number of carboxylic acid groups (broad SMARTS) is 1. The maximum absolute atomic E-state index is 15.8. The van der Waals surface area contributed by atoms with Crippen molar-refractivity contribution >= 4 is 140 Å². The highest BCUT2D eigenvalue weighted by Crippen LogP contribution is 2.30. The topological polar surface area (TPSA) is 651 Å². The van der Waals surface area contributed by atoms with E-state index >= 15 is 33.6 Å². The lowest BCUT2D eigenvalue weighted by molar-refractivity contribution is -0.149. The van der Waals surface area contributed by atoms with Crippen LogP contribution in [0.1, 0.15) is 140 Å². The third-order valence-corrected chi connectivity index (χ3v) is 24.8. The van der Waals surface area contributed by atoms with Gasteiger partial charge in [0, 0.05) is 131 Å². The summed E-state index contributed by atoms with van der Waals surface area (Å²) in [6.45, 7) is 4.35. The van der Waals surface area contributed by atoms with Crippen LogP contribution >= 0.6 is 11.8 Å². The SMILES string of the molecule is CCCC[C@H]1C(=O)N(C)[C@@H](CCCC)C(=O)N[C@@H](CC(C)C)C(=O)N[C@H](C(=O)NCC(N)=O)CSCC(=O)N[C@@H](Cc2ccc(O)cc2)C(=O)N(C)[C@@H](C)C(=O)N[C@@H](CC(N)=O)C(=O)N(CCO)CC(=O)N[C@@H](Cc2cnc[nH]2)C(=O)N[C@@H](CCC(=O)O)C(=O)N2C[C@H](O)C[C@H]2C(=O)C[C@@H](Cc2c[nH]c3ccccc23)C(=O)N[C@@H](CCN)C(=O)N[C@@H](Cc2c[nH]c3ccccc23)C(=O)N1C. The Labute approximate surface area is 784 Å². The number of fused-ring (bicyclic) bond motifs is 3. The maximum atomic E-state index is 15.8. The number of nitrogens with zero attached hydrogens (tertiary/aromatic N) is 6. The summed E-state index contributed by atoms with van der Waals surface area (Å²) in [7, 11) is 3.93. The van der Waals surface area contributed by atoms with Crippen LogP contribution in [-0.2, 0) is 112 Å². The summed E-state index contributed by atoms with van der Waals surface area (Å²) >= 11 is 0.771. The fourth-order valence-electron chi connectivity index (χ4n) is 16.3. The normalized spacial score (nSPS) is 23.9. The number of aromatic nitrogens is 4. The van der Waals surface area contributed by atoms with E-state index in [9.17, 15) is 73.2 Å². The average Bonchev–Trinajstić information content (AvgIpc) is 1.73. The second-order valence-electron chi connectivity index (χ2n) is 34.5. The quantitative estimate of drug-likeness (QED) is 0.0251. The van der Waals surface area contributed by atoms with Crippen LogP contribution in [0.5, 0.6) is 5.75 Å². The number of nitrogens with one attached hydrogen (secondary N) is 12. The second-order valence-corrected chi connectivity index (χ2v) is 35.5. The van der Waals surface area contributed by atoms with Crippen molar-refractivity contribution in [3.05, 3.63) is 120 Å². The molecule has 0 radical (unpaired) electrons. The highest BCUT2D eigenvalue weighted by molar-refractivity contribution is 8.00. The Morgan fingerprint density at radius 1 is 0.585 bits per heavy atom. The lowest BCUT2D eigenvalue weighted by Crippen LogP contribution is -2.60. The summed E-state index contributed by atoms with van der Waals surface area (Å²) in [6, 6.07) is 0.634. The van der Waals surface area contributed by atoms with Gasteiger partial charge in [-0.05, 0) is 98.9 Å². The van der Waals surface area contributed by atoms with Crippen molar-refractivity contribution in [2.75, 3.05) is 72.0 Å². The van der Waals surface area contributed by atoms with Crippen LogP contribution in [0.15, 0.2) is 97.7 Å². The van der Waals surface area contributed by atoms with E-state index in [1.165, 1.54) is 74.7 Å². The molecule has 3 aromatic carbocycles. The summed E-state index contributed by atoms with van der Waals surface area (Å²) < 4.78 is 0. The van der Waals surface area contributed by atoms with Crippen molar-refractivity contribution < 1.29 is 107 Å². The molecule has 2 aliphatic rings. The number of hydrogen-bond donors (Lipinski definition) is 19. The molecule has 8 rings (SSSR count). The summed E-state index contributed by atoms with van der Waals surface area (Å²) in [4.78, 5) is 280. The third-order valence-electron chi connectivity index (χ3n) is 23.7. The van der Waals surface area contributed by atoms with Gasteiger partial charge < -0.3 is 125 Å². The monoisotopic (exact) mass is 1900 g/mol. The number of benzene rings is 3. The molecule has 2 aliphatic heterocycles. The summed E-state index contributed by atoms with van der Waals surface area (Å²) in [5.41, 5.74) is 20.3. The number of ketones is 1. The molecule has 0 spiro atoms. The van der Waals surface area contributed by atoms with Gasteiger partial charge in [-0.2, -0.15) is 0 Å². The number of Topliss-reactive ketones (excluding diaryl/α,β-unsaturated/α-hetero) is 1. The number of H-pyrrole nitrogens is 3. The number of aliphatic hydroxyl groups excluding tert-OH is 2. The van der Waals surface area contributed by atoms with E-state index in [0.717, 1.165) is 21.6 Å². The number of thioether (sulfide) groups is 1. The molecule has 16 amide bonds. The highest BCUT2D eigenvalue weighted by atomic mass is 32.2. The number of aromatic amines is 3. The minimum Gasteiger partial charge on any atom is -0.508 e. The van der Waals surface area contributed by atoms with Crippen LogP contribution in [0.2, 0.25) is 0 Å². The zero-order valence-corrected chi connectivity index (χ0v) is 77.9. The Bertz CT molecular complexity index is 5170. The van der Waals surface area contributed by atoms with E-state index in [1.54, 1.807) is 74.8 Å². The Kier molecular flexibility index (Phi) is 41.0. The van der Waals surface area contributed by atoms with Crippen LogP contribution in [0.3, 0.4) is 0 Å². The van der Waals surface area contributed by atoms with Crippen LogP contribution in [0.4, 0.5) is 0 Å². The Hall–Kier alpha value is -13.4. The first-order valence-electron chi connectivity index (χ1n) is 45.1. The first-order valence-corrected chi connectivity index (χ1v) is 46.2. The van der Waals surface area contributed by atoms with Gasteiger partial charge in [0.1, 0.15) is 72.2 Å². The molecule has 0 unspecified atom stereocenters. The molecule has 22 N–H and O–H groups in total. The lowest BCUT2D eigenvalue weighted by atomic mass is 9.90. The summed E-state index contributed by atoms with van der Waals surface area (Å²) in [5, 5.41) is 66.9. The molecule has 14 atom stereocenters. The highest BCUT2D eigenvalue weighted by Gasteiger charge is 2.46. The van der Waals surface area contributed by atoms with Gasteiger partial charge in [0.05, 0.1) is 50.3 Å². The number of nitrogens with two attached hydrogens (primary N) is 3. The largest absolute Gasteiger partial charge is 0.508 e. The molecule has 43 nitrogen and oxygen atoms in total. The van der Waals surface area contributed by atoms with Crippen LogP contribution in [0.25, 0.3) is 21.8 Å². The van der Waals surface area contributed by atoms with Gasteiger partial charge in [0.25, 0.3) is 0 Å². The first kappa shape index (κ1) is 107. The predicted octanol–water partition coefficient (Wildman–Crippen LogP) is -2.05. The molecule has 3 aromatic heterocycles. The standard InChI is InChI=1S/C91H127N21O22S/c1-9-11-21-71-86(129)104-65(33-50(3)4)84(127)107-70(82(125)98-44-76(94)118)47-135-48-78(120)101-67(34-52-23-25-57(114)26-24-52)87(130)108(6)51(5)80(123)105-69(40-75(93)117)89(132)111(31-32-113)46-77(119)100-66(38-56-43-95-49-99-56)85(128)103-64(27-28-79(121)122)90(133)112-45-58(115)39-73(112)74(116)37-53(35-54-41-96-61-19-15-13-17-59(54)61)81(124)102-63(29-30-92)83(126)106-68(36-55-42-97-62-20-16-14-18-60(55)62)88(131)110(8)72(22-12-10-2)91(134)109(71)7/h13-20,23-26,41-43,49-51,53,58,63-73,96-97,113-115H,9-12,21-22,27-40,44-48,92H2,1-8H3,(H2,93,117)(H2,94,118)(H,95,99)(H,98,125)(H,100,119)(H,101,120)(H,102,124)(H,103,128)(H,104,129)(H,105,123)(H,106,126)(H,107,127)(H,121,122)/t51-,53+,58+,63-,64-,65-,66-,67-,68-,69-,70-,71-,72-,73-/m0/s1. The maximum Gasteiger partial charge on any atom is 0.303 e. The van der Waals surface area contributed by atoms with E-state index in [-0.39, 0.29) is 68.9 Å². The van der Waals surface area contributed by atoms with Gasteiger partial charge in [0.2, 0.25) is 94.5 Å². The van der Waals surface area contributed by atoms with Crippen LogP contribution in [-0.4, -0.2) is 322 Å². The number of likely N-dealkylation sites (N-methyl/N-ethyl adjacent to an activating group) is 3. The summed E-state index contributed by atoms with van der Waals surface area (Å²) in [5.74, 6) is -20.8. The number of imidazole rings is 1. The molecule has 2 saturated heterocycles. The molecular weight excluding hydrogens is 1770 g/mol. The number of aliphatic hydroxyl groups is 2. The van der Waals surface area contributed by atoms with Gasteiger partial charge in [0.15, 0.2) is 5.78 Å². The number of phenols is 1.